The second-order valence-electron chi connectivity index (χ2n) is 2.67. The zero-order chi connectivity index (χ0) is 8.97. The van der Waals surface area contributed by atoms with Crippen LogP contribution in [0.3, 0.4) is 0 Å². The molecule has 66 valence electrons. The fourth-order valence-electron chi connectivity index (χ4n) is 1.08. The number of thiol groups is 1. The van der Waals surface area contributed by atoms with Crippen LogP contribution in [0.4, 0.5) is 4.39 Å². The number of rotatable bonds is 3. The van der Waals surface area contributed by atoms with Gasteiger partial charge in [0, 0.05) is 5.92 Å². The van der Waals surface area contributed by atoms with Gasteiger partial charge in [0.15, 0.2) is 0 Å². The average Bonchev–Trinajstić information content (AvgIpc) is 2.07. The number of hydrogen-bond donors (Lipinski definition) is 2. The summed E-state index contributed by atoms with van der Waals surface area (Å²) in [5.41, 5.74) is 6.42. The van der Waals surface area contributed by atoms with Crippen molar-refractivity contribution in [2.75, 3.05) is 12.3 Å². The minimum absolute atomic E-state index is 0.157. The van der Waals surface area contributed by atoms with Crippen LogP contribution in [-0.4, -0.2) is 12.3 Å². The molecule has 1 aromatic rings. The first-order chi connectivity index (χ1) is 5.77. The first kappa shape index (κ1) is 9.55. The van der Waals surface area contributed by atoms with E-state index in [1.54, 1.807) is 6.07 Å². The number of nitrogens with two attached hydrogens (primary N) is 1. The van der Waals surface area contributed by atoms with Gasteiger partial charge in [-0.3, -0.25) is 0 Å². The van der Waals surface area contributed by atoms with Crippen molar-refractivity contribution in [1.82, 2.24) is 0 Å². The Kier molecular flexibility index (Phi) is 3.56. The molecule has 1 rings (SSSR count). The van der Waals surface area contributed by atoms with Crippen LogP contribution in [0.25, 0.3) is 0 Å². The molecule has 12 heavy (non-hydrogen) atoms. The molecular weight excluding hydrogens is 173 g/mol. The van der Waals surface area contributed by atoms with Gasteiger partial charge in [0.05, 0.1) is 0 Å². The van der Waals surface area contributed by atoms with E-state index in [9.17, 15) is 4.39 Å². The molecule has 1 unspecified atom stereocenters. The Balaban J connectivity index is 2.85. The van der Waals surface area contributed by atoms with Crippen molar-refractivity contribution in [2.45, 2.75) is 5.92 Å². The number of hydrogen-bond acceptors (Lipinski definition) is 2. The van der Waals surface area contributed by atoms with Crippen LogP contribution < -0.4 is 5.73 Å². The molecule has 0 spiro atoms. The van der Waals surface area contributed by atoms with Gasteiger partial charge in [0.25, 0.3) is 0 Å². The van der Waals surface area contributed by atoms with Crippen LogP contribution in [0, 0.1) is 5.82 Å². The van der Waals surface area contributed by atoms with Crippen molar-refractivity contribution in [1.29, 1.82) is 0 Å². The summed E-state index contributed by atoms with van der Waals surface area (Å²) in [6.45, 7) is 0.507. The highest BCUT2D eigenvalue weighted by Gasteiger charge is 2.07. The molecule has 0 aliphatic carbocycles. The van der Waals surface area contributed by atoms with E-state index in [0.717, 1.165) is 5.56 Å². The number of halogens is 1. The molecule has 3 heteroatoms. The van der Waals surface area contributed by atoms with Crippen molar-refractivity contribution >= 4 is 12.6 Å². The van der Waals surface area contributed by atoms with E-state index >= 15 is 0 Å². The van der Waals surface area contributed by atoms with Gasteiger partial charge in [-0.15, -0.1) is 0 Å². The average molecular weight is 185 g/mol. The third-order valence-corrected chi connectivity index (χ3v) is 2.27. The monoisotopic (exact) mass is 185 g/mol. The van der Waals surface area contributed by atoms with Gasteiger partial charge in [0.1, 0.15) is 5.82 Å². The van der Waals surface area contributed by atoms with E-state index in [2.05, 4.69) is 12.6 Å². The Labute approximate surface area is 77.2 Å². The summed E-state index contributed by atoms with van der Waals surface area (Å²) < 4.78 is 12.7. The molecule has 0 amide bonds. The van der Waals surface area contributed by atoms with Gasteiger partial charge in [-0.2, -0.15) is 12.6 Å². The Morgan fingerprint density at radius 3 is 2.75 bits per heavy atom. The minimum atomic E-state index is -0.215. The zero-order valence-corrected chi connectivity index (χ0v) is 7.60. The predicted octanol–water partition coefficient (Wildman–Crippen LogP) is 1.80. The van der Waals surface area contributed by atoms with Gasteiger partial charge in [-0.1, -0.05) is 12.1 Å². The maximum absolute atomic E-state index is 12.7. The molecule has 0 radical (unpaired) electrons. The maximum Gasteiger partial charge on any atom is 0.123 e. The third kappa shape index (κ3) is 2.22. The fraction of sp³-hybridized carbons (Fsp3) is 0.333. The highest BCUT2D eigenvalue weighted by Crippen LogP contribution is 2.16. The lowest BCUT2D eigenvalue weighted by Crippen LogP contribution is -2.13. The highest BCUT2D eigenvalue weighted by molar-refractivity contribution is 7.80. The fourth-order valence-corrected chi connectivity index (χ4v) is 1.44. The Morgan fingerprint density at radius 2 is 2.25 bits per heavy atom. The van der Waals surface area contributed by atoms with Gasteiger partial charge in [-0.05, 0) is 30.0 Å². The molecule has 2 N–H and O–H groups in total. The molecule has 0 heterocycles. The SMILES string of the molecule is NCC(CS)c1cccc(F)c1. The van der Waals surface area contributed by atoms with Gasteiger partial charge >= 0.3 is 0 Å². The summed E-state index contributed by atoms with van der Waals surface area (Å²) in [4.78, 5) is 0. The predicted molar refractivity (Wildman–Crippen MR) is 52.0 cm³/mol. The van der Waals surface area contributed by atoms with Gasteiger partial charge in [-0.25, -0.2) is 4.39 Å². The molecule has 0 aliphatic heterocycles. The molecule has 0 bridgehead atoms. The van der Waals surface area contributed by atoms with E-state index in [1.807, 2.05) is 6.07 Å². The van der Waals surface area contributed by atoms with E-state index in [4.69, 9.17) is 5.73 Å². The minimum Gasteiger partial charge on any atom is -0.330 e. The van der Waals surface area contributed by atoms with E-state index in [-0.39, 0.29) is 11.7 Å². The second kappa shape index (κ2) is 4.48. The summed E-state index contributed by atoms with van der Waals surface area (Å²) in [7, 11) is 0. The molecule has 0 saturated carbocycles. The summed E-state index contributed by atoms with van der Waals surface area (Å²) in [6, 6.07) is 6.50. The van der Waals surface area contributed by atoms with Crippen LogP contribution in [0.15, 0.2) is 24.3 Å². The molecule has 0 fully saturated rings. The molecule has 1 nitrogen and oxygen atoms in total. The van der Waals surface area contributed by atoms with Gasteiger partial charge < -0.3 is 5.73 Å². The third-order valence-electron chi connectivity index (χ3n) is 1.82. The van der Waals surface area contributed by atoms with E-state index < -0.39 is 0 Å². The molecule has 1 atom stereocenters. The van der Waals surface area contributed by atoms with Crippen LogP contribution >= 0.6 is 12.6 Å². The lowest BCUT2D eigenvalue weighted by Gasteiger charge is -2.11. The van der Waals surface area contributed by atoms with Crippen LogP contribution in [0.5, 0.6) is 0 Å². The summed E-state index contributed by atoms with van der Waals surface area (Å²) >= 11 is 4.14. The zero-order valence-electron chi connectivity index (χ0n) is 6.70. The Bertz CT molecular complexity index is 248. The van der Waals surface area contributed by atoms with Crippen molar-refractivity contribution in [3.8, 4) is 0 Å². The first-order valence-electron chi connectivity index (χ1n) is 3.84. The molecule has 0 aliphatic rings. The lowest BCUT2D eigenvalue weighted by atomic mass is 10.0. The summed E-state index contributed by atoms with van der Waals surface area (Å²) in [5.74, 6) is 0.594. The number of benzene rings is 1. The van der Waals surface area contributed by atoms with Crippen LogP contribution in [-0.2, 0) is 0 Å². The molecular formula is C9H12FNS. The standard InChI is InChI=1S/C9H12FNS/c10-9-3-1-2-7(4-9)8(5-11)6-12/h1-4,8,12H,5-6,11H2. The van der Waals surface area contributed by atoms with Crippen LogP contribution in [0.1, 0.15) is 11.5 Å². The van der Waals surface area contributed by atoms with Crippen molar-refractivity contribution in [3.63, 3.8) is 0 Å². The topological polar surface area (TPSA) is 26.0 Å². The Hall–Kier alpha value is -0.540. The quantitative estimate of drug-likeness (QED) is 0.690. The molecule has 0 saturated heterocycles. The Morgan fingerprint density at radius 1 is 1.50 bits per heavy atom. The smallest absolute Gasteiger partial charge is 0.123 e. The normalized spacial score (nSPS) is 12.9. The summed E-state index contributed by atoms with van der Waals surface area (Å²) in [5, 5.41) is 0. The van der Waals surface area contributed by atoms with Crippen molar-refractivity contribution in [2.24, 2.45) is 5.73 Å². The van der Waals surface area contributed by atoms with E-state index in [0.29, 0.717) is 12.3 Å². The van der Waals surface area contributed by atoms with Crippen molar-refractivity contribution < 1.29 is 4.39 Å². The summed E-state index contributed by atoms with van der Waals surface area (Å²) in [6.07, 6.45) is 0. The molecule has 0 aromatic heterocycles. The van der Waals surface area contributed by atoms with Crippen LogP contribution in [0.2, 0.25) is 0 Å². The first-order valence-corrected chi connectivity index (χ1v) is 4.47. The van der Waals surface area contributed by atoms with Crippen molar-refractivity contribution in [3.05, 3.63) is 35.6 Å². The lowest BCUT2D eigenvalue weighted by molar-refractivity contribution is 0.622. The molecule has 1 aromatic carbocycles. The van der Waals surface area contributed by atoms with E-state index in [1.165, 1.54) is 12.1 Å². The highest BCUT2D eigenvalue weighted by atomic mass is 32.1. The largest absolute Gasteiger partial charge is 0.330 e. The maximum atomic E-state index is 12.7. The van der Waals surface area contributed by atoms with Gasteiger partial charge in [0.2, 0.25) is 0 Å². The second-order valence-corrected chi connectivity index (χ2v) is 3.04.